The lowest BCUT2D eigenvalue weighted by molar-refractivity contribution is -0.154. The summed E-state index contributed by atoms with van der Waals surface area (Å²) in [6, 6.07) is 12.4. The Kier molecular flexibility index (Phi) is 5.77. The Morgan fingerprint density at radius 1 is 0.966 bits per heavy atom. The maximum atomic E-state index is 12.3. The molecule has 0 saturated carbocycles. The lowest BCUT2D eigenvalue weighted by Gasteiger charge is -2.17. The fraction of sp³-hybridized carbons (Fsp3) is 0.200. The van der Waals surface area contributed by atoms with Crippen molar-refractivity contribution >= 4 is 34.5 Å². The number of ether oxygens (including phenoxy) is 1. The van der Waals surface area contributed by atoms with Crippen LogP contribution in [0.4, 0.5) is 5.69 Å². The predicted molar refractivity (Wildman–Crippen MR) is 106 cm³/mol. The molecule has 150 valence electrons. The van der Waals surface area contributed by atoms with Crippen LogP contribution < -0.4 is 16.3 Å². The van der Waals surface area contributed by atoms with E-state index in [9.17, 15) is 19.2 Å². The number of hydrogen-bond acceptors (Lipinski definition) is 5. The number of carbonyl (C=O) groups is 3. The standard InChI is InChI=1S/C20H20N4O5/c1-11(21-18(26)13-6-4-3-5-7-13)19(27)29-12(2)17(25)22-14-8-9-15-16(10-14)24-20(28)23-15/h3-12H,1-2H3,(H,21,26)(H,22,25)(H2,23,24,28)/t11-,12+/m0/s1. The summed E-state index contributed by atoms with van der Waals surface area (Å²) in [5.74, 6) is -1.69. The van der Waals surface area contributed by atoms with Crippen molar-refractivity contribution in [2.75, 3.05) is 5.32 Å². The van der Waals surface area contributed by atoms with Gasteiger partial charge in [-0.25, -0.2) is 9.59 Å². The zero-order chi connectivity index (χ0) is 21.0. The van der Waals surface area contributed by atoms with Crippen molar-refractivity contribution in [2.24, 2.45) is 0 Å². The third-order valence-corrected chi connectivity index (χ3v) is 4.18. The first kappa shape index (κ1) is 19.9. The van der Waals surface area contributed by atoms with Gasteiger partial charge in [-0.2, -0.15) is 0 Å². The molecule has 9 heteroatoms. The van der Waals surface area contributed by atoms with E-state index in [1.54, 1.807) is 48.5 Å². The molecule has 0 aliphatic heterocycles. The molecule has 0 radical (unpaired) electrons. The zero-order valence-electron chi connectivity index (χ0n) is 15.8. The number of carbonyl (C=O) groups excluding carboxylic acids is 3. The molecule has 0 saturated heterocycles. The number of hydrogen-bond donors (Lipinski definition) is 4. The Morgan fingerprint density at radius 2 is 1.66 bits per heavy atom. The first-order chi connectivity index (χ1) is 13.8. The molecule has 1 aromatic heterocycles. The Labute approximate surface area is 165 Å². The Morgan fingerprint density at radius 3 is 2.38 bits per heavy atom. The van der Waals surface area contributed by atoms with Crippen molar-refractivity contribution in [3.8, 4) is 0 Å². The predicted octanol–water partition coefficient (Wildman–Crippen LogP) is 1.54. The second-order valence-electron chi connectivity index (χ2n) is 6.47. The summed E-state index contributed by atoms with van der Waals surface area (Å²) < 4.78 is 5.14. The quantitative estimate of drug-likeness (QED) is 0.469. The number of benzene rings is 2. The number of aromatic amines is 2. The topological polar surface area (TPSA) is 133 Å². The molecule has 0 fully saturated rings. The third kappa shape index (κ3) is 4.89. The molecule has 3 aromatic rings. The molecule has 2 atom stereocenters. The lowest BCUT2D eigenvalue weighted by atomic mass is 10.2. The number of esters is 1. The number of rotatable bonds is 6. The van der Waals surface area contributed by atoms with E-state index in [1.807, 2.05) is 0 Å². The number of H-pyrrole nitrogens is 2. The summed E-state index contributed by atoms with van der Waals surface area (Å²) in [5.41, 5.74) is 1.64. The minimum atomic E-state index is -1.08. The van der Waals surface area contributed by atoms with Crippen LogP contribution >= 0.6 is 0 Å². The van der Waals surface area contributed by atoms with Crippen LogP contribution in [-0.4, -0.2) is 39.9 Å². The summed E-state index contributed by atoms with van der Waals surface area (Å²) in [5, 5.41) is 5.14. The molecule has 0 aliphatic rings. The van der Waals surface area contributed by atoms with E-state index in [2.05, 4.69) is 20.6 Å². The van der Waals surface area contributed by atoms with E-state index in [1.165, 1.54) is 13.8 Å². The van der Waals surface area contributed by atoms with Crippen LogP contribution in [0.25, 0.3) is 11.0 Å². The average Bonchev–Trinajstić information content (AvgIpc) is 3.07. The summed E-state index contributed by atoms with van der Waals surface area (Å²) in [4.78, 5) is 53.1. The Balaban J connectivity index is 1.55. The van der Waals surface area contributed by atoms with Gasteiger partial charge >= 0.3 is 11.7 Å². The molecule has 0 unspecified atom stereocenters. The van der Waals surface area contributed by atoms with Crippen molar-refractivity contribution < 1.29 is 19.1 Å². The maximum Gasteiger partial charge on any atom is 0.329 e. The monoisotopic (exact) mass is 396 g/mol. The average molecular weight is 396 g/mol. The molecule has 1 heterocycles. The van der Waals surface area contributed by atoms with Gasteiger partial charge in [-0.15, -0.1) is 0 Å². The van der Waals surface area contributed by atoms with Gasteiger partial charge in [0.1, 0.15) is 6.04 Å². The van der Waals surface area contributed by atoms with Gasteiger partial charge in [0.25, 0.3) is 11.8 Å². The van der Waals surface area contributed by atoms with Crippen LogP contribution in [-0.2, 0) is 14.3 Å². The highest BCUT2D eigenvalue weighted by Gasteiger charge is 2.23. The largest absolute Gasteiger partial charge is 0.451 e. The van der Waals surface area contributed by atoms with Crippen molar-refractivity contribution in [1.29, 1.82) is 0 Å². The first-order valence-corrected chi connectivity index (χ1v) is 8.93. The second-order valence-corrected chi connectivity index (χ2v) is 6.47. The Bertz CT molecular complexity index is 1100. The van der Waals surface area contributed by atoms with Crippen LogP contribution in [0, 0.1) is 0 Å². The minimum Gasteiger partial charge on any atom is -0.451 e. The van der Waals surface area contributed by atoms with E-state index < -0.39 is 29.9 Å². The normalized spacial score (nSPS) is 12.8. The van der Waals surface area contributed by atoms with Crippen molar-refractivity contribution in [3.63, 3.8) is 0 Å². The summed E-state index contributed by atoms with van der Waals surface area (Å²) in [6.07, 6.45) is -1.08. The molecule has 29 heavy (non-hydrogen) atoms. The highest BCUT2D eigenvalue weighted by Crippen LogP contribution is 2.15. The highest BCUT2D eigenvalue weighted by atomic mass is 16.5. The van der Waals surface area contributed by atoms with Crippen molar-refractivity contribution in [1.82, 2.24) is 15.3 Å². The van der Waals surface area contributed by atoms with Gasteiger partial charge in [-0.1, -0.05) is 18.2 Å². The SMILES string of the molecule is C[C@H](NC(=O)c1ccccc1)C(=O)O[C@H](C)C(=O)Nc1ccc2[nH]c(=O)[nH]c2c1. The maximum absolute atomic E-state index is 12.3. The van der Waals surface area contributed by atoms with Gasteiger partial charge in [0.2, 0.25) is 0 Å². The van der Waals surface area contributed by atoms with Crippen molar-refractivity contribution in [2.45, 2.75) is 26.0 Å². The minimum absolute atomic E-state index is 0.350. The number of nitrogens with one attached hydrogen (secondary N) is 4. The van der Waals surface area contributed by atoms with Gasteiger partial charge in [-0.05, 0) is 44.2 Å². The highest BCUT2D eigenvalue weighted by molar-refractivity contribution is 5.98. The molecular weight excluding hydrogens is 376 g/mol. The molecule has 2 amide bonds. The molecule has 0 aliphatic carbocycles. The van der Waals surface area contributed by atoms with Crippen LogP contribution in [0.3, 0.4) is 0 Å². The number of anilines is 1. The number of imidazole rings is 1. The van der Waals surface area contributed by atoms with Gasteiger partial charge < -0.3 is 25.3 Å². The molecule has 0 bridgehead atoms. The zero-order valence-corrected chi connectivity index (χ0v) is 15.8. The third-order valence-electron chi connectivity index (χ3n) is 4.18. The molecule has 3 rings (SSSR count). The van der Waals surface area contributed by atoms with Gasteiger partial charge in [0.15, 0.2) is 6.10 Å². The fourth-order valence-electron chi connectivity index (χ4n) is 2.61. The molecular formula is C20H20N4O5. The number of aromatic nitrogens is 2. The smallest absolute Gasteiger partial charge is 0.329 e. The summed E-state index contributed by atoms with van der Waals surface area (Å²) in [6.45, 7) is 2.90. The summed E-state index contributed by atoms with van der Waals surface area (Å²) in [7, 11) is 0. The van der Waals surface area contributed by atoms with Crippen molar-refractivity contribution in [3.05, 3.63) is 64.6 Å². The molecule has 9 nitrogen and oxygen atoms in total. The van der Waals surface area contributed by atoms with Gasteiger partial charge in [-0.3, -0.25) is 9.59 Å². The molecule has 0 spiro atoms. The Hall–Kier alpha value is -3.88. The second kappa shape index (κ2) is 8.42. The van der Waals surface area contributed by atoms with Crippen LogP contribution in [0.1, 0.15) is 24.2 Å². The van der Waals surface area contributed by atoms with E-state index in [-0.39, 0.29) is 5.69 Å². The van der Waals surface area contributed by atoms with E-state index in [0.29, 0.717) is 22.3 Å². The van der Waals surface area contributed by atoms with Crippen LogP contribution in [0.5, 0.6) is 0 Å². The van der Waals surface area contributed by atoms with Crippen LogP contribution in [0.15, 0.2) is 53.3 Å². The lowest BCUT2D eigenvalue weighted by Crippen LogP contribution is -2.42. The van der Waals surface area contributed by atoms with Crippen LogP contribution in [0.2, 0.25) is 0 Å². The van der Waals surface area contributed by atoms with E-state index in [0.717, 1.165) is 0 Å². The van der Waals surface area contributed by atoms with Gasteiger partial charge in [0, 0.05) is 11.3 Å². The molecule has 2 aromatic carbocycles. The molecule has 4 N–H and O–H groups in total. The number of amides is 2. The fourth-order valence-corrected chi connectivity index (χ4v) is 2.61. The number of fused-ring (bicyclic) bond motifs is 1. The van der Waals surface area contributed by atoms with Gasteiger partial charge in [0.05, 0.1) is 11.0 Å². The van der Waals surface area contributed by atoms with E-state index in [4.69, 9.17) is 4.74 Å². The summed E-state index contributed by atoms with van der Waals surface area (Å²) >= 11 is 0. The first-order valence-electron chi connectivity index (χ1n) is 8.93. The van der Waals surface area contributed by atoms with E-state index >= 15 is 0 Å².